The summed E-state index contributed by atoms with van der Waals surface area (Å²) in [4.78, 5) is 5.29. The number of aliphatic hydroxyl groups is 1. The fourth-order valence-electron chi connectivity index (χ4n) is 1.08. The summed E-state index contributed by atoms with van der Waals surface area (Å²) in [6, 6.07) is 5.28. The molecule has 14 heavy (non-hydrogen) atoms. The van der Waals surface area contributed by atoms with E-state index in [-0.39, 0.29) is 5.82 Å². The van der Waals surface area contributed by atoms with Gasteiger partial charge in [-0.2, -0.15) is 4.80 Å². The molecule has 1 unspecified atom stereocenters. The molecule has 1 atom stereocenters. The van der Waals surface area contributed by atoms with Crippen LogP contribution < -0.4 is 0 Å². The molecule has 0 aliphatic heterocycles. The van der Waals surface area contributed by atoms with Crippen molar-refractivity contribution in [1.29, 1.82) is 0 Å². The van der Waals surface area contributed by atoms with Crippen molar-refractivity contribution < 1.29 is 5.11 Å². The molecule has 6 heteroatoms. The van der Waals surface area contributed by atoms with Gasteiger partial charge in [0.2, 0.25) is 5.82 Å². The smallest absolute Gasteiger partial charge is 0.209 e. The second kappa shape index (κ2) is 3.51. The Bertz CT molecular complexity index is 413. The molecule has 0 aliphatic carbocycles. The van der Waals surface area contributed by atoms with Crippen LogP contribution in [0.5, 0.6) is 0 Å². The Labute approximate surface area is 80.2 Å². The van der Waals surface area contributed by atoms with Crippen LogP contribution in [0.25, 0.3) is 0 Å². The number of hydrogen-bond acceptors (Lipinski definition) is 5. The number of rotatable bonds is 2. The number of hydrogen-bond donors (Lipinski definition) is 1. The molecule has 72 valence electrons. The zero-order valence-electron chi connectivity index (χ0n) is 7.57. The minimum atomic E-state index is -0.912. The van der Waals surface area contributed by atoms with Crippen LogP contribution in [0.3, 0.4) is 0 Å². The fourth-order valence-corrected chi connectivity index (χ4v) is 1.08. The normalized spacial score (nSPS) is 12.7. The van der Waals surface area contributed by atoms with Crippen molar-refractivity contribution >= 4 is 0 Å². The highest BCUT2D eigenvalue weighted by molar-refractivity contribution is 5.12. The first-order chi connectivity index (χ1) is 6.77. The quantitative estimate of drug-likeness (QED) is 0.704. The second-order valence-electron chi connectivity index (χ2n) is 2.79. The zero-order valence-corrected chi connectivity index (χ0v) is 7.57. The maximum Gasteiger partial charge on any atom is 0.209 e. The summed E-state index contributed by atoms with van der Waals surface area (Å²) >= 11 is 0. The standard InChI is InChI=1S/C8H9N5O/c1-13-11-8(10-12-13)7(14)6-4-2-3-5-9-6/h2-5,7,14H,1H3. The number of pyridine rings is 1. The van der Waals surface area contributed by atoms with Crippen molar-refractivity contribution in [3.63, 3.8) is 0 Å². The molecule has 0 aliphatic rings. The van der Waals surface area contributed by atoms with Crippen LogP contribution in [0.2, 0.25) is 0 Å². The highest BCUT2D eigenvalue weighted by Gasteiger charge is 2.16. The van der Waals surface area contributed by atoms with Gasteiger partial charge < -0.3 is 5.11 Å². The van der Waals surface area contributed by atoms with Crippen molar-refractivity contribution in [2.45, 2.75) is 6.10 Å². The molecule has 6 nitrogen and oxygen atoms in total. The molecule has 0 fully saturated rings. The van der Waals surface area contributed by atoms with Gasteiger partial charge in [0.1, 0.15) is 0 Å². The Balaban J connectivity index is 2.29. The first-order valence-electron chi connectivity index (χ1n) is 4.10. The Morgan fingerprint density at radius 1 is 1.43 bits per heavy atom. The van der Waals surface area contributed by atoms with Crippen LogP contribution in [0.4, 0.5) is 0 Å². The van der Waals surface area contributed by atoms with Crippen LogP contribution in [0, 0.1) is 0 Å². The predicted octanol–water partition coefficient (Wildman–Crippen LogP) is -0.313. The van der Waals surface area contributed by atoms with Gasteiger partial charge in [0.25, 0.3) is 0 Å². The summed E-state index contributed by atoms with van der Waals surface area (Å²) < 4.78 is 0. The maximum atomic E-state index is 9.76. The molecular formula is C8H9N5O. The molecule has 0 spiro atoms. The van der Waals surface area contributed by atoms with Gasteiger partial charge >= 0.3 is 0 Å². The Morgan fingerprint density at radius 2 is 2.29 bits per heavy atom. The highest BCUT2D eigenvalue weighted by Crippen LogP contribution is 2.14. The van der Waals surface area contributed by atoms with Gasteiger partial charge in [-0.15, -0.1) is 10.2 Å². The lowest BCUT2D eigenvalue weighted by Gasteiger charge is -2.03. The second-order valence-corrected chi connectivity index (χ2v) is 2.79. The van der Waals surface area contributed by atoms with Crippen molar-refractivity contribution in [3.8, 4) is 0 Å². The van der Waals surface area contributed by atoms with Crippen LogP contribution in [-0.2, 0) is 7.05 Å². The van der Waals surface area contributed by atoms with E-state index in [1.165, 1.54) is 4.80 Å². The van der Waals surface area contributed by atoms with E-state index < -0.39 is 6.10 Å². The molecular weight excluding hydrogens is 182 g/mol. The van der Waals surface area contributed by atoms with Crippen LogP contribution in [0.1, 0.15) is 17.6 Å². The van der Waals surface area contributed by atoms with Gasteiger partial charge in [0.15, 0.2) is 6.10 Å². The van der Waals surface area contributed by atoms with E-state index in [0.717, 1.165) is 0 Å². The van der Waals surface area contributed by atoms with Gasteiger partial charge in [0.05, 0.1) is 12.7 Å². The minimum absolute atomic E-state index is 0.256. The third kappa shape index (κ3) is 1.60. The average Bonchev–Trinajstić information content (AvgIpc) is 2.65. The van der Waals surface area contributed by atoms with E-state index in [1.54, 1.807) is 31.4 Å². The number of aryl methyl sites for hydroxylation is 1. The van der Waals surface area contributed by atoms with Gasteiger partial charge in [-0.25, -0.2) is 0 Å². The molecule has 2 aromatic heterocycles. The Kier molecular flexibility index (Phi) is 2.19. The molecule has 2 heterocycles. The molecule has 2 rings (SSSR count). The van der Waals surface area contributed by atoms with E-state index >= 15 is 0 Å². The number of tetrazole rings is 1. The van der Waals surface area contributed by atoms with Gasteiger partial charge in [-0.1, -0.05) is 6.07 Å². The number of aliphatic hydroxyl groups excluding tert-OH is 1. The highest BCUT2D eigenvalue weighted by atomic mass is 16.3. The maximum absolute atomic E-state index is 9.76. The Morgan fingerprint density at radius 3 is 2.86 bits per heavy atom. The lowest BCUT2D eigenvalue weighted by molar-refractivity contribution is 0.204. The molecule has 2 aromatic rings. The summed E-state index contributed by atoms with van der Waals surface area (Å²) in [5.74, 6) is 0.256. The number of aromatic nitrogens is 5. The Hall–Kier alpha value is -1.82. The molecule has 0 radical (unpaired) electrons. The van der Waals surface area contributed by atoms with Crippen LogP contribution in [-0.4, -0.2) is 30.3 Å². The average molecular weight is 191 g/mol. The molecule has 0 saturated carbocycles. The third-order valence-electron chi connectivity index (χ3n) is 1.74. The van der Waals surface area contributed by atoms with Crippen molar-refractivity contribution in [2.24, 2.45) is 7.05 Å². The SMILES string of the molecule is Cn1nnc(C(O)c2ccccn2)n1. The monoisotopic (exact) mass is 191 g/mol. The summed E-state index contributed by atoms with van der Waals surface area (Å²) in [5.41, 5.74) is 0.514. The number of nitrogens with zero attached hydrogens (tertiary/aromatic N) is 5. The molecule has 0 saturated heterocycles. The molecule has 1 N–H and O–H groups in total. The molecule has 0 amide bonds. The van der Waals surface area contributed by atoms with E-state index in [9.17, 15) is 5.11 Å². The molecule has 0 aromatic carbocycles. The lowest BCUT2D eigenvalue weighted by atomic mass is 10.2. The lowest BCUT2D eigenvalue weighted by Crippen LogP contribution is -2.04. The largest absolute Gasteiger partial charge is 0.379 e. The van der Waals surface area contributed by atoms with Gasteiger partial charge in [-0.05, 0) is 17.3 Å². The van der Waals surface area contributed by atoms with E-state index in [2.05, 4.69) is 20.4 Å². The minimum Gasteiger partial charge on any atom is -0.379 e. The predicted molar refractivity (Wildman–Crippen MR) is 47.1 cm³/mol. The summed E-state index contributed by atoms with van der Waals surface area (Å²) in [6.45, 7) is 0. The summed E-state index contributed by atoms with van der Waals surface area (Å²) in [6.07, 6.45) is 0.694. The van der Waals surface area contributed by atoms with Crippen LogP contribution in [0.15, 0.2) is 24.4 Å². The van der Waals surface area contributed by atoms with Gasteiger partial charge in [-0.3, -0.25) is 4.98 Å². The van der Waals surface area contributed by atoms with E-state index in [1.807, 2.05) is 0 Å². The van der Waals surface area contributed by atoms with Crippen LogP contribution >= 0.6 is 0 Å². The zero-order chi connectivity index (χ0) is 9.97. The van der Waals surface area contributed by atoms with Crippen molar-refractivity contribution in [3.05, 3.63) is 35.9 Å². The van der Waals surface area contributed by atoms with Crippen molar-refractivity contribution in [2.75, 3.05) is 0 Å². The topological polar surface area (TPSA) is 76.7 Å². The first-order valence-corrected chi connectivity index (χ1v) is 4.10. The molecule has 0 bridgehead atoms. The summed E-state index contributed by atoms with van der Waals surface area (Å²) in [5, 5.41) is 21.0. The van der Waals surface area contributed by atoms with Crippen molar-refractivity contribution in [1.82, 2.24) is 25.2 Å². The first kappa shape index (κ1) is 8.76. The van der Waals surface area contributed by atoms with E-state index in [4.69, 9.17) is 0 Å². The van der Waals surface area contributed by atoms with Gasteiger partial charge in [0, 0.05) is 6.20 Å². The third-order valence-corrected chi connectivity index (χ3v) is 1.74. The summed E-state index contributed by atoms with van der Waals surface area (Å²) in [7, 11) is 1.64. The fraction of sp³-hybridized carbons (Fsp3) is 0.250. The van der Waals surface area contributed by atoms with E-state index in [0.29, 0.717) is 5.69 Å².